The first-order valence-electron chi connectivity index (χ1n) is 12.1. The van der Waals surface area contributed by atoms with Crippen LogP contribution >= 0.6 is 0 Å². The van der Waals surface area contributed by atoms with Crippen LogP contribution in [0.15, 0.2) is 24.3 Å². The second-order valence-electron chi connectivity index (χ2n) is 9.69. The fourth-order valence-electron chi connectivity index (χ4n) is 4.86. The number of benzene rings is 1. The van der Waals surface area contributed by atoms with Gasteiger partial charge < -0.3 is 10.2 Å². The van der Waals surface area contributed by atoms with Crippen LogP contribution in [0.5, 0.6) is 0 Å². The van der Waals surface area contributed by atoms with E-state index in [9.17, 15) is 14.4 Å². The Bertz CT molecular complexity index is 742. The Kier molecular flexibility index (Phi) is 8.68. The molecule has 0 radical (unpaired) electrons. The molecule has 170 valence electrons. The number of amides is 2. The number of hydrogen-bond acceptors (Lipinski definition) is 3. The van der Waals surface area contributed by atoms with Crippen LogP contribution in [-0.4, -0.2) is 42.1 Å². The van der Waals surface area contributed by atoms with Crippen molar-refractivity contribution in [3.05, 3.63) is 35.4 Å². The average molecular weight is 427 g/mol. The van der Waals surface area contributed by atoms with E-state index in [0.29, 0.717) is 44.8 Å². The third kappa shape index (κ3) is 6.91. The van der Waals surface area contributed by atoms with Crippen LogP contribution in [0.1, 0.15) is 81.1 Å². The van der Waals surface area contributed by atoms with Crippen molar-refractivity contribution in [3.63, 3.8) is 0 Å². The summed E-state index contributed by atoms with van der Waals surface area (Å²) in [5, 5.41) is 2.95. The molecular weight excluding hydrogens is 388 g/mol. The molecule has 1 heterocycles. The second kappa shape index (κ2) is 11.4. The molecule has 2 fully saturated rings. The molecular formula is C26H38N2O3. The molecule has 1 aliphatic heterocycles. The zero-order chi connectivity index (χ0) is 22.2. The summed E-state index contributed by atoms with van der Waals surface area (Å²) >= 11 is 0. The highest BCUT2D eigenvalue weighted by atomic mass is 16.2. The lowest BCUT2D eigenvalue weighted by atomic mass is 9.88. The second-order valence-corrected chi connectivity index (χ2v) is 9.69. The number of nitrogens with zero attached hydrogens (tertiary/aromatic N) is 1. The van der Waals surface area contributed by atoms with Gasteiger partial charge in [0.05, 0.1) is 0 Å². The highest BCUT2D eigenvalue weighted by Crippen LogP contribution is 2.24. The number of ketones is 1. The molecule has 0 spiro atoms. The molecule has 1 aliphatic carbocycles. The molecule has 1 saturated carbocycles. The highest BCUT2D eigenvalue weighted by molar-refractivity contribution is 5.98. The van der Waals surface area contributed by atoms with Crippen molar-refractivity contribution >= 4 is 17.6 Å². The standard InChI is InChI=1S/C26H38N2O3/c1-19(2)18-20-8-10-21(11-9-20)25(30)22-13-16-28(17-14-22)24(29)12-15-27-26(31)23-6-4-3-5-7-23/h8-11,19,22-23H,3-7,12-18H2,1-2H3,(H,27,31). The monoisotopic (exact) mass is 426 g/mol. The van der Waals surface area contributed by atoms with Gasteiger partial charge in [-0.2, -0.15) is 0 Å². The van der Waals surface area contributed by atoms with E-state index in [2.05, 4.69) is 31.3 Å². The van der Waals surface area contributed by atoms with Crippen LogP contribution in [0.4, 0.5) is 0 Å². The van der Waals surface area contributed by atoms with Crippen molar-refractivity contribution in [1.82, 2.24) is 10.2 Å². The molecule has 1 aromatic carbocycles. The Hall–Kier alpha value is -2.17. The zero-order valence-electron chi connectivity index (χ0n) is 19.2. The lowest BCUT2D eigenvalue weighted by Crippen LogP contribution is -2.42. The molecule has 0 atom stereocenters. The summed E-state index contributed by atoms with van der Waals surface area (Å²) < 4.78 is 0. The van der Waals surface area contributed by atoms with E-state index in [0.717, 1.165) is 37.7 Å². The first kappa shape index (κ1) is 23.5. The molecule has 31 heavy (non-hydrogen) atoms. The van der Waals surface area contributed by atoms with E-state index in [1.807, 2.05) is 17.0 Å². The maximum Gasteiger partial charge on any atom is 0.224 e. The van der Waals surface area contributed by atoms with E-state index in [1.165, 1.54) is 12.0 Å². The summed E-state index contributed by atoms with van der Waals surface area (Å²) in [6.45, 7) is 6.04. The van der Waals surface area contributed by atoms with Gasteiger partial charge in [-0.15, -0.1) is 0 Å². The zero-order valence-corrected chi connectivity index (χ0v) is 19.2. The summed E-state index contributed by atoms with van der Waals surface area (Å²) in [7, 11) is 0. The summed E-state index contributed by atoms with van der Waals surface area (Å²) in [6.07, 6.45) is 8.23. The first-order valence-corrected chi connectivity index (χ1v) is 12.1. The third-order valence-electron chi connectivity index (χ3n) is 6.71. The van der Waals surface area contributed by atoms with Crippen LogP contribution in [-0.2, 0) is 16.0 Å². The van der Waals surface area contributed by atoms with E-state index in [4.69, 9.17) is 0 Å². The number of hydrogen-bond donors (Lipinski definition) is 1. The van der Waals surface area contributed by atoms with Gasteiger partial charge in [0.25, 0.3) is 0 Å². The number of piperidine rings is 1. The van der Waals surface area contributed by atoms with E-state index < -0.39 is 0 Å². The third-order valence-corrected chi connectivity index (χ3v) is 6.71. The van der Waals surface area contributed by atoms with E-state index in [1.54, 1.807) is 0 Å². The molecule has 2 amide bonds. The molecule has 0 aromatic heterocycles. The minimum Gasteiger partial charge on any atom is -0.355 e. The summed E-state index contributed by atoms with van der Waals surface area (Å²) in [5.41, 5.74) is 2.05. The molecule has 1 N–H and O–H groups in total. The van der Waals surface area contributed by atoms with Gasteiger partial charge in [-0.25, -0.2) is 0 Å². The minimum atomic E-state index is -0.00833. The summed E-state index contributed by atoms with van der Waals surface area (Å²) in [5.74, 6) is 1.10. The Morgan fingerprint density at radius 3 is 2.19 bits per heavy atom. The maximum atomic E-state index is 12.9. The number of rotatable bonds is 8. The van der Waals surface area contributed by atoms with Crippen molar-refractivity contribution in [3.8, 4) is 0 Å². The van der Waals surface area contributed by atoms with Crippen LogP contribution in [0.2, 0.25) is 0 Å². The predicted octanol–water partition coefficient (Wildman–Crippen LogP) is 4.39. The molecule has 0 bridgehead atoms. The Labute approximate surface area is 187 Å². The molecule has 5 heteroatoms. The quantitative estimate of drug-likeness (QED) is 0.627. The lowest BCUT2D eigenvalue weighted by Gasteiger charge is -2.31. The number of carbonyl (C=O) groups excluding carboxylic acids is 3. The van der Waals surface area contributed by atoms with Crippen molar-refractivity contribution in [2.75, 3.05) is 19.6 Å². The maximum absolute atomic E-state index is 12.9. The Balaban J connectivity index is 1.38. The number of carbonyl (C=O) groups is 3. The fraction of sp³-hybridized carbons (Fsp3) is 0.654. The van der Waals surface area contributed by atoms with Crippen LogP contribution in [0.25, 0.3) is 0 Å². The SMILES string of the molecule is CC(C)Cc1ccc(C(=O)C2CCN(C(=O)CCNC(=O)C3CCCCC3)CC2)cc1. The average Bonchev–Trinajstić information content (AvgIpc) is 2.79. The Morgan fingerprint density at radius 2 is 1.58 bits per heavy atom. The molecule has 1 saturated heterocycles. The van der Waals surface area contributed by atoms with E-state index >= 15 is 0 Å². The molecule has 5 nitrogen and oxygen atoms in total. The molecule has 0 unspecified atom stereocenters. The van der Waals surface area contributed by atoms with Crippen LogP contribution < -0.4 is 5.32 Å². The molecule has 3 rings (SSSR count). The van der Waals surface area contributed by atoms with Gasteiger partial charge in [0.2, 0.25) is 11.8 Å². The van der Waals surface area contributed by atoms with Crippen molar-refractivity contribution < 1.29 is 14.4 Å². The van der Waals surface area contributed by atoms with Crippen LogP contribution in [0.3, 0.4) is 0 Å². The van der Waals surface area contributed by atoms with Gasteiger partial charge in [-0.1, -0.05) is 57.4 Å². The Morgan fingerprint density at radius 1 is 0.935 bits per heavy atom. The smallest absolute Gasteiger partial charge is 0.224 e. The number of likely N-dealkylation sites (tertiary alicyclic amines) is 1. The minimum absolute atomic E-state index is 0.00833. The lowest BCUT2D eigenvalue weighted by molar-refractivity contribution is -0.132. The summed E-state index contributed by atoms with van der Waals surface area (Å²) in [6, 6.07) is 8.03. The van der Waals surface area contributed by atoms with Gasteiger partial charge in [-0.05, 0) is 43.6 Å². The van der Waals surface area contributed by atoms with Gasteiger partial charge in [0, 0.05) is 43.5 Å². The van der Waals surface area contributed by atoms with Gasteiger partial charge in [-0.3, -0.25) is 14.4 Å². The molecule has 2 aliphatic rings. The van der Waals surface area contributed by atoms with Gasteiger partial charge in [0.15, 0.2) is 5.78 Å². The van der Waals surface area contributed by atoms with Crippen molar-refractivity contribution in [2.24, 2.45) is 17.8 Å². The number of Topliss-reactive ketones (excluding diaryl/α,β-unsaturated/α-hetero) is 1. The number of nitrogens with one attached hydrogen (secondary N) is 1. The topological polar surface area (TPSA) is 66.5 Å². The van der Waals surface area contributed by atoms with E-state index in [-0.39, 0.29) is 29.4 Å². The predicted molar refractivity (Wildman–Crippen MR) is 123 cm³/mol. The van der Waals surface area contributed by atoms with Crippen LogP contribution in [0, 0.1) is 17.8 Å². The molecule has 1 aromatic rings. The van der Waals surface area contributed by atoms with Crippen molar-refractivity contribution in [1.29, 1.82) is 0 Å². The van der Waals surface area contributed by atoms with Gasteiger partial charge in [0.1, 0.15) is 0 Å². The first-order chi connectivity index (χ1) is 14.9. The fourth-order valence-corrected chi connectivity index (χ4v) is 4.86. The normalized spacial score (nSPS) is 18.2. The highest BCUT2D eigenvalue weighted by Gasteiger charge is 2.28. The van der Waals surface area contributed by atoms with Crippen molar-refractivity contribution in [2.45, 2.75) is 71.6 Å². The summed E-state index contributed by atoms with van der Waals surface area (Å²) in [4.78, 5) is 39.4. The van der Waals surface area contributed by atoms with Gasteiger partial charge >= 0.3 is 0 Å². The largest absolute Gasteiger partial charge is 0.355 e.